The van der Waals surface area contributed by atoms with Gasteiger partial charge in [-0.05, 0) is 18.1 Å². The molecule has 0 spiro atoms. The normalized spacial score (nSPS) is 17.1. The Hall–Kier alpha value is -3.58. The minimum atomic E-state index is -3.62. The molecule has 0 saturated carbocycles. The molecule has 13 heteroatoms. The fourth-order valence-corrected chi connectivity index (χ4v) is 6.48. The van der Waals surface area contributed by atoms with Gasteiger partial charge in [-0.2, -0.15) is 0 Å². The van der Waals surface area contributed by atoms with E-state index in [2.05, 4.69) is 9.97 Å². The van der Waals surface area contributed by atoms with Crippen molar-refractivity contribution < 1.29 is 27.5 Å². The molecular formula is C24H26FN5O5S2. The molecule has 1 aliphatic rings. The number of halogens is 1. The number of fused-ring (bicyclic) bond motifs is 1. The highest BCUT2D eigenvalue weighted by atomic mass is 32.2. The summed E-state index contributed by atoms with van der Waals surface area (Å²) in [5.41, 5.74) is 5.94. The number of carboxylic acid groups (broad SMARTS) is 1. The number of thiazole rings is 1. The van der Waals surface area contributed by atoms with Gasteiger partial charge in [0.15, 0.2) is 15.0 Å². The van der Waals surface area contributed by atoms with Gasteiger partial charge in [0.2, 0.25) is 5.91 Å². The van der Waals surface area contributed by atoms with Crippen LogP contribution in [-0.4, -0.2) is 72.7 Å². The zero-order valence-corrected chi connectivity index (χ0v) is 21.8. The van der Waals surface area contributed by atoms with Crippen LogP contribution in [0.4, 0.5) is 15.3 Å². The SMILES string of the molecule is CN(C)c1ncc(S(=O)(=O)CC=CC2CCN(C(Cc3ccc4c(N)nccc4c3F)C(=O)O)C2=O)s1. The molecule has 1 amide bonds. The maximum atomic E-state index is 15.1. The van der Waals surface area contributed by atoms with Crippen LogP contribution in [0.25, 0.3) is 10.8 Å². The first-order valence-corrected chi connectivity index (χ1v) is 13.8. The number of carboxylic acids is 1. The molecule has 0 bridgehead atoms. The van der Waals surface area contributed by atoms with E-state index >= 15 is 4.39 Å². The second-order valence-corrected chi connectivity index (χ2v) is 12.2. The molecular weight excluding hydrogens is 521 g/mol. The van der Waals surface area contributed by atoms with Crippen molar-refractivity contribution in [3.05, 3.63) is 54.1 Å². The van der Waals surface area contributed by atoms with E-state index in [1.807, 2.05) is 0 Å². The molecule has 0 radical (unpaired) electrons. The summed E-state index contributed by atoms with van der Waals surface area (Å²) in [6, 6.07) is 3.22. The molecule has 37 heavy (non-hydrogen) atoms. The molecule has 1 aromatic carbocycles. The second kappa shape index (κ2) is 10.4. The van der Waals surface area contributed by atoms with Gasteiger partial charge < -0.3 is 20.6 Å². The smallest absolute Gasteiger partial charge is 0.326 e. The second-order valence-electron chi connectivity index (χ2n) is 8.88. The monoisotopic (exact) mass is 547 g/mol. The Kier molecular flexibility index (Phi) is 7.46. The van der Waals surface area contributed by atoms with Gasteiger partial charge >= 0.3 is 5.97 Å². The summed E-state index contributed by atoms with van der Waals surface area (Å²) < 4.78 is 40.5. The van der Waals surface area contributed by atoms with Crippen LogP contribution < -0.4 is 10.6 Å². The summed E-state index contributed by atoms with van der Waals surface area (Å²) >= 11 is 1.05. The molecule has 2 atom stereocenters. The zero-order chi connectivity index (χ0) is 26.9. The number of aliphatic carboxylic acids is 1. The van der Waals surface area contributed by atoms with Crippen LogP contribution in [0.2, 0.25) is 0 Å². The summed E-state index contributed by atoms with van der Waals surface area (Å²) in [6.45, 7) is 0.157. The highest BCUT2D eigenvalue weighted by molar-refractivity contribution is 7.93. The number of rotatable bonds is 9. The van der Waals surface area contributed by atoms with Crippen LogP contribution in [0.1, 0.15) is 12.0 Å². The van der Waals surface area contributed by atoms with E-state index in [1.165, 1.54) is 41.6 Å². The van der Waals surface area contributed by atoms with Crippen molar-refractivity contribution in [2.75, 3.05) is 37.0 Å². The number of nitrogens with two attached hydrogens (primary N) is 1. The molecule has 3 heterocycles. The van der Waals surface area contributed by atoms with Crippen molar-refractivity contribution >= 4 is 54.8 Å². The largest absolute Gasteiger partial charge is 0.480 e. The fourth-order valence-electron chi connectivity index (χ4n) is 4.23. The predicted molar refractivity (Wildman–Crippen MR) is 139 cm³/mol. The van der Waals surface area contributed by atoms with Crippen molar-refractivity contribution in [2.45, 2.75) is 23.1 Å². The Bertz CT molecular complexity index is 1490. The van der Waals surface area contributed by atoms with Crippen molar-refractivity contribution in [3.8, 4) is 0 Å². The van der Waals surface area contributed by atoms with Gasteiger partial charge in [-0.15, -0.1) is 0 Å². The topological polar surface area (TPSA) is 147 Å². The number of aromatic nitrogens is 2. The third-order valence-electron chi connectivity index (χ3n) is 6.19. The third-order valence-corrected chi connectivity index (χ3v) is 9.51. The van der Waals surface area contributed by atoms with Crippen LogP contribution in [-0.2, 0) is 25.8 Å². The summed E-state index contributed by atoms with van der Waals surface area (Å²) in [5, 5.41) is 11.1. The van der Waals surface area contributed by atoms with E-state index in [-0.39, 0.29) is 39.7 Å². The molecule has 4 rings (SSSR count). The maximum Gasteiger partial charge on any atom is 0.326 e. The van der Waals surface area contributed by atoms with E-state index in [0.717, 1.165) is 11.3 Å². The first-order valence-electron chi connectivity index (χ1n) is 11.4. The fraction of sp³-hybridized carbons (Fsp3) is 0.333. The number of amides is 1. The van der Waals surface area contributed by atoms with Crippen LogP contribution in [0, 0.1) is 11.7 Å². The van der Waals surface area contributed by atoms with Gasteiger partial charge in [0, 0.05) is 44.0 Å². The van der Waals surface area contributed by atoms with Crippen molar-refractivity contribution in [1.29, 1.82) is 0 Å². The zero-order valence-electron chi connectivity index (χ0n) is 20.2. The number of carbonyl (C=O) groups is 2. The average molecular weight is 548 g/mol. The lowest BCUT2D eigenvalue weighted by atomic mass is 10.00. The van der Waals surface area contributed by atoms with E-state index in [9.17, 15) is 23.1 Å². The predicted octanol–water partition coefficient (Wildman–Crippen LogP) is 2.35. The minimum Gasteiger partial charge on any atom is -0.480 e. The molecule has 2 aromatic heterocycles. The first-order chi connectivity index (χ1) is 17.5. The van der Waals surface area contributed by atoms with E-state index in [4.69, 9.17) is 5.73 Å². The molecule has 1 aliphatic heterocycles. The van der Waals surface area contributed by atoms with Gasteiger partial charge in [0.05, 0.1) is 17.9 Å². The molecule has 196 valence electrons. The highest BCUT2D eigenvalue weighted by Gasteiger charge is 2.38. The number of anilines is 2. The number of likely N-dealkylation sites (tertiary alicyclic amines) is 1. The Balaban J connectivity index is 1.46. The highest BCUT2D eigenvalue weighted by Crippen LogP contribution is 2.29. The Morgan fingerprint density at radius 1 is 1.32 bits per heavy atom. The molecule has 1 fully saturated rings. The average Bonchev–Trinajstić information content (AvgIpc) is 3.48. The number of pyridine rings is 1. The van der Waals surface area contributed by atoms with E-state index < -0.39 is 39.5 Å². The number of hydrogen-bond acceptors (Lipinski definition) is 9. The van der Waals surface area contributed by atoms with Gasteiger partial charge in [0.1, 0.15) is 21.9 Å². The molecule has 2 unspecified atom stereocenters. The molecule has 0 aliphatic carbocycles. The summed E-state index contributed by atoms with van der Waals surface area (Å²) in [4.78, 5) is 36.0. The summed E-state index contributed by atoms with van der Waals surface area (Å²) in [5.74, 6) is -3.11. The molecule has 10 nitrogen and oxygen atoms in total. The van der Waals surface area contributed by atoms with Crippen LogP contribution >= 0.6 is 11.3 Å². The Morgan fingerprint density at radius 3 is 2.76 bits per heavy atom. The van der Waals surface area contributed by atoms with Gasteiger partial charge in [0.25, 0.3) is 0 Å². The minimum absolute atomic E-state index is 0.126. The number of nitrogen functional groups attached to an aromatic ring is 1. The van der Waals surface area contributed by atoms with Crippen molar-refractivity contribution in [3.63, 3.8) is 0 Å². The molecule has 3 N–H and O–H groups in total. The number of hydrogen-bond donors (Lipinski definition) is 2. The van der Waals surface area contributed by atoms with Crippen LogP contribution in [0.5, 0.6) is 0 Å². The summed E-state index contributed by atoms with van der Waals surface area (Å²) in [6.07, 6.45) is 5.69. The summed E-state index contributed by atoms with van der Waals surface area (Å²) in [7, 11) is -0.0982. The van der Waals surface area contributed by atoms with Gasteiger partial charge in [-0.25, -0.2) is 27.6 Å². The van der Waals surface area contributed by atoms with Crippen molar-refractivity contribution in [2.24, 2.45) is 5.92 Å². The molecule has 3 aromatic rings. The standard InChI is InChI=1S/C24H26FN5O5S2/c1-29(2)24-28-13-19(36-24)37(34,35)11-3-4-14-8-10-30(22(14)31)18(23(32)33)12-15-5-6-17-16(20(15)25)7-9-27-21(17)26/h3-7,9,13-14,18H,8,10-12H2,1-2H3,(H2,26,27)(H,32,33). The van der Waals surface area contributed by atoms with Gasteiger partial charge in [-0.1, -0.05) is 35.6 Å². The van der Waals surface area contributed by atoms with Crippen LogP contribution in [0.3, 0.4) is 0 Å². The van der Waals surface area contributed by atoms with Crippen LogP contribution in [0.15, 0.2) is 47.0 Å². The lowest BCUT2D eigenvalue weighted by Gasteiger charge is -2.25. The van der Waals surface area contributed by atoms with Gasteiger partial charge in [-0.3, -0.25) is 4.79 Å². The number of nitrogens with zero attached hydrogens (tertiary/aromatic N) is 4. The first kappa shape index (κ1) is 26.5. The maximum absolute atomic E-state index is 15.1. The molecule has 1 saturated heterocycles. The lowest BCUT2D eigenvalue weighted by molar-refractivity contribution is -0.148. The van der Waals surface area contributed by atoms with E-state index in [0.29, 0.717) is 16.9 Å². The Morgan fingerprint density at radius 2 is 2.08 bits per heavy atom. The Labute approximate surface area is 217 Å². The van der Waals surface area contributed by atoms with E-state index in [1.54, 1.807) is 25.1 Å². The number of carbonyl (C=O) groups excluding carboxylic acids is 1. The quantitative estimate of drug-likeness (QED) is 0.385. The lowest BCUT2D eigenvalue weighted by Crippen LogP contribution is -2.44. The third kappa shape index (κ3) is 5.42. The number of sulfone groups is 1. The number of benzene rings is 1. The van der Waals surface area contributed by atoms with Crippen molar-refractivity contribution in [1.82, 2.24) is 14.9 Å².